The molecule has 0 radical (unpaired) electrons. The maximum absolute atomic E-state index is 6.14. The molecule has 1 aromatic carbocycles. The molecule has 3 saturated heterocycles. The van der Waals surface area contributed by atoms with Crippen LogP contribution in [0.4, 0.5) is 0 Å². The van der Waals surface area contributed by atoms with E-state index in [0.717, 1.165) is 51.2 Å². The highest BCUT2D eigenvalue weighted by molar-refractivity contribution is 5.80. The van der Waals surface area contributed by atoms with Gasteiger partial charge in [-0.3, -0.25) is 9.89 Å². The molecule has 0 amide bonds. The number of nitrogens with one attached hydrogen (secondary N) is 1. The van der Waals surface area contributed by atoms with Gasteiger partial charge < -0.3 is 19.9 Å². The molecule has 0 aliphatic carbocycles. The Kier molecular flexibility index (Phi) is 7.06. The van der Waals surface area contributed by atoms with Crippen LogP contribution in [-0.2, 0) is 11.3 Å². The van der Waals surface area contributed by atoms with Gasteiger partial charge in [-0.05, 0) is 37.4 Å². The average Bonchev–Trinajstić information content (AvgIpc) is 3.37. The van der Waals surface area contributed by atoms with Crippen LogP contribution in [0.15, 0.2) is 35.3 Å². The topological polar surface area (TPSA) is 43.3 Å². The maximum Gasteiger partial charge on any atom is 0.193 e. The summed E-state index contributed by atoms with van der Waals surface area (Å²) in [6.45, 7) is 11.7. The standard InChI is InChI=1S/C23H37N5O/c1-3-10-26-11-9-20(15-26)14-25-23(24-2)28-17-21-22(18-28)29-13-12-27(21)16-19-7-5-4-6-8-19/h4-8,20-22H,3,9-18H2,1-2H3,(H,24,25). The smallest absolute Gasteiger partial charge is 0.193 e. The van der Waals surface area contributed by atoms with Crippen LogP contribution in [0.1, 0.15) is 25.3 Å². The lowest BCUT2D eigenvalue weighted by Crippen LogP contribution is -2.50. The van der Waals surface area contributed by atoms with Gasteiger partial charge in [-0.1, -0.05) is 37.3 Å². The lowest BCUT2D eigenvalue weighted by Gasteiger charge is -2.36. The van der Waals surface area contributed by atoms with Crippen molar-refractivity contribution in [3.05, 3.63) is 35.9 Å². The van der Waals surface area contributed by atoms with Crippen LogP contribution in [0, 0.1) is 5.92 Å². The van der Waals surface area contributed by atoms with E-state index in [-0.39, 0.29) is 6.10 Å². The molecule has 0 saturated carbocycles. The largest absolute Gasteiger partial charge is 0.373 e. The monoisotopic (exact) mass is 399 g/mol. The zero-order chi connectivity index (χ0) is 20.1. The SMILES string of the molecule is CCCN1CCC(CNC(=NC)N2CC3OCCN(Cc4ccccc4)C3C2)C1. The molecule has 3 unspecified atom stereocenters. The van der Waals surface area contributed by atoms with Crippen molar-refractivity contribution in [3.8, 4) is 0 Å². The summed E-state index contributed by atoms with van der Waals surface area (Å²) in [4.78, 5) is 12.2. The normalized spacial score (nSPS) is 28.7. The Morgan fingerprint density at radius 3 is 2.83 bits per heavy atom. The molecule has 1 aromatic rings. The summed E-state index contributed by atoms with van der Waals surface area (Å²) in [5, 5.41) is 3.67. The molecule has 3 heterocycles. The highest BCUT2D eigenvalue weighted by atomic mass is 16.5. The highest BCUT2D eigenvalue weighted by Gasteiger charge is 2.41. The van der Waals surface area contributed by atoms with Gasteiger partial charge in [-0.15, -0.1) is 0 Å². The minimum Gasteiger partial charge on any atom is -0.373 e. The summed E-state index contributed by atoms with van der Waals surface area (Å²) in [7, 11) is 1.91. The first-order valence-electron chi connectivity index (χ1n) is 11.3. The summed E-state index contributed by atoms with van der Waals surface area (Å²) in [5.41, 5.74) is 1.38. The molecule has 3 aliphatic rings. The zero-order valence-corrected chi connectivity index (χ0v) is 18.1. The second-order valence-corrected chi connectivity index (χ2v) is 8.72. The molecule has 3 fully saturated rings. The van der Waals surface area contributed by atoms with Crippen molar-refractivity contribution in [3.63, 3.8) is 0 Å². The summed E-state index contributed by atoms with van der Waals surface area (Å²) < 4.78 is 6.14. The average molecular weight is 400 g/mol. The van der Waals surface area contributed by atoms with Crippen molar-refractivity contribution in [1.82, 2.24) is 20.0 Å². The molecule has 3 aliphatic heterocycles. The molecule has 160 valence electrons. The van der Waals surface area contributed by atoms with E-state index >= 15 is 0 Å². The van der Waals surface area contributed by atoms with Crippen LogP contribution >= 0.6 is 0 Å². The number of hydrogen-bond acceptors (Lipinski definition) is 4. The molecule has 0 bridgehead atoms. The van der Waals surface area contributed by atoms with Crippen molar-refractivity contribution >= 4 is 5.96 Å². The van der Waals surface area contributed by atoms with Crippen LogP contribution in [0.25, 0.3) is 0 Å². The number of guanidine groups is 1. The fraction of sp³-hybridized carbons (Fsp3) is 0.696. The van der Waals surface area contributed by atoms with E-state index in [0.29, 0.717) is 6.04 Å². The molecule has 6 heteroatoms. The van der Waals surface area contributed by atoms with Crippen LogP contribution in [-0.4, -0.2) is 92.3 Å². The minimum atomic E-state index is 0.275. The van der Waals surface area contributed by atoms with E-state index in [2.05, 4.69) is 62.3 Å². The van der Waals surface area contributed by atoms with Gasteiger partial charge in [0, 0.05) is 46.3 Å². The molecule has 1 N–H and O–H groups in total. The molecule has 0 spiro atoms. The predicted molar refractivity (Wildman–Crippen MR) is 118 cm³/mol. The first-order chi connectivity index (χ1) is 14.3. The number of ether oxygens (including phenoxy) is 1. The number of benzene rings is 1. The Morgan fingerprint density at radius 1 is 1.17 bits per heavy atom. The van der Waals surface area contributed by atoms with Crippen LogP contribution in [0.5, 0.6) is 0 Å². The molecule has 29 heavy (non-hydrogen) atoms. The number of aliphatic imine (C=N–C) groups is 1. The first-order valence-corrected chi connectivity index (χ1v) is 11.3. The van der Waals surface area contributed by atoms with Crippen molar-refractivity contribution < 1.29 is 4.74 Å². The lowest BCUT2D eigenvalue weighted by molar-refractivity contribution is -0.0502. The third kappa shape index (κ3) is 5.11. The van der Waals surface area contributed by atoms with Crippen molar-refractivity contribution in [2.75, 3.05) is 59.5 Å². The van der Waals surface area contributed by atoms with Gasteiger partial charge in [0.2, 0.25) is 0 Å². The third-order valence-electron chi connectivity index (χ3n) is 6.61. The van der Waals surface area contributed by atoms with Gasteiger partial charge in [-0.2, -0.15) is 0 Å². The van der Waals surface area contributed by atoms with Crippen LogP contribution < -0.4 is 5.32 Å². The molecular weight excluding hydrogens is 362 g/mol. The van der Waals surface area contributed by atoms with Gasteiger partial charge >= 0.3 is 0 Å². The number of hydrogen-bond donors (Lipinski definition) is 1. The highest BCUT2D eigenvalue weighted by Crippen LogP contribution is 2.25. The van der Waals surface area contributed by atoms with Gasteiger partial charge in [-0.25, -0.2) is 0 Å². The number of rotatable bonds is 6. The molecule has 3 atom stereocenters. The van der Waals surface area contributed by atoms with Gasteiger partial charge in [0.05, 0.1) is 18.8 Å². The number of nitrogens with zero attached hydrogens (tertiary/aromatic N) is 4. The lowest BCUT2D eigenvalue weighted by atomic mass is 10.1. The second kappa shape index (κ2) is 9.92. The molecular formula is C23H37N5O. The first kappa shape index (κ1) is 20.6. The van der Waals surface area contributed by atoms with Crippen molar-refractivity contribution in [2.24, 2.45) is 10.9 Å². The Bertz CT molecular complexity index is 666. The third-order valence-corrected chi connectivity index (χ3v) is 6.61. The van der Waals surface area contributed by atoms with E-state index in [1.807, 2.05) is 7.05 Å². The van der Waals surface area contributed by atoms with Gasteiger partial charge in [0.25, 0.3) is 0 Å². The van der Waals surface area contributed by atoms with E-state index in [4.69, 9.17) is 4.74 Å². The minimum absolute atomic E-state index is 0.275. The molecule has 4 rings (SSSR count). The van der Waals surface area contributed by atoms with Crippen molar-refractivity contribution in [2.45, 2.75) is 38.5 Å². The Hall–Kier alpha value is -1.63. The molecule has 0 aromatic heterocycles. The van der Waals surface area contributed by atoms with Gasteiger partial charge in [0.1, 0.15) is 0 Å². The Balaban J connectivity index is 1.31. The number of fused-ring (bicyclic) bond motifs is 1. The summed E-state index contributed by atoms with van der Waals surface area (Å²) >= 11 is 0. The summed E-state index contributed by atoms with van der Waals surface area (Å²) in [6, 6.07) is 11.2. The second-order valence-electron chi connectivity index (χ2n) is 8.72. The summed E-state index contributed by atoms with van der Waals surface area (Å²) in [5.74, 6) is 1.77. The van der Waals surface area contributed by atoms with E-state index in [1.54, 1.807) is 0 Å². The van der Waals surface area contributed by atoms with E-state index in [9.17, 15) is 0 Å². The Labute approximate surface area is 175 Å². The van der Waals surface area contributed by atoms with Crippen LogP contribution in [0.2, 0.25) is 0 Å². The summed E-state index contributed by atoms with van der Waals surface area (Å²) in [6.07, 6.45) is 2.82. The fourth-order valence-corrected chi connectivity index (χ4v) is 5.11. The van der Waals surface area contributed by atoms with E-state index in [1.165, 1.54) is 38.0 Å². The number of morpholine rings is 1. The quantitative estimate of drug-likeness (QED) is 0.584. The predicted octanol–water partition coefficient (Wildman–Crippen LogP) is 1.88. The van der Waals surface area contributed by atoms with Crippen molar-refractivity contribution in [1.29, 1.82) is 0 Å². The van der Waals surface area contributed by atoms with Gasteiger partial charge in [0.15, 0.2) is 5.96 Å². The number of likely N-dealkylation sites (tertiary alicyclic amines) is 2. The van der Waals surface area contributed by atoms with E-state index < -0.39 is 0 Å². The zero-order valence-electron chi connectivity index (χ0n) is 18.1. The fourth-order valence-electron chi connectivity index (χ4n) is 5.11. The Morgan fingerprint density at radius 2 is 2.03 bits per heavy atom. The van der Waals surface area contributed by atoms with Crippen LogP contribution in [0.3, 0.4) is 0 Å². The maximum atomic E-state index is 6.14. The molecule has 6 nitrogen and oxygen atoms in total.